The largest absolute Gasteiger partial charge is 0.494 e. The number of anilines is 4. The van der Waals surface area contributed by atoms with Crippen molar-refractivity contribution in [2.75, 3.05) is 23.8 Å². The predicted octanol–water partition coefficient (Wildman–Crippen LogP) is 8.31. The molecule has 40 heavy (non-hydrogen) atoms. The number of benzene rings is 4. The van der Waals surface area contributed by atoms with Crippen molar-refractivity contribution in [3.05, 3.63) is 107 Å². The van der Waals surface area contributed by atoms with E-state index in [4.69, 9.17) is 9.47 Å². The molecule has 4 aromatic carbocycles. The number of hydrogen-bond donors (Lipinski definition) is 2. The average molecular weight is 535 g/mol. The highest BCUT2D eigenvalue weighted by Gasteiger charge is 2.33. The second-order valence-corrected chi connectivity index (χ2v) is 9.82. The number of ether oxygens (including phenoxy) is 2. The van der Waals surface area contributed by atoms with Crippen LogP contribution in [0.2, 0.25) is 0 Å². The average Bonchev–Trinajstić information content (AvgIpc) is 2.98. The Hall–Kier alpha value is -4.58. The van der Waals surface area contributed by atoms with Crippen LogP contribution in [-0.4, -0.2) is 24.8 Å². The number of nitrogens with one attached hydrogen (secondary N) is 2. The Bertz CT molecular complexity index is 1380. The molecule has 0 fully saturated rings. The molecule has 0 aromatic heterocycles. The van der Waals surface area contributed by atoms with Gasteiger partial charge in [-0.25, -0.2) is 0 Å². The van der Waals surface area contributed by atoms with E-state index in [1.165, 1.54) is 0 Å². The lowest BCUT2D eigenvalue weighted by atomic mass is 9.82. The second kappa shape index (κ2) is 12.5. The summed E-state index contributed by atoms with van der Waals surface area (Å²) in [4.78, 5) is 27.6. The summed E-state index contributed by atoms with van der Waals surface area (Å²) in [5.41, 5.74) is 4.34. The third-order valence-corrected chi connectivity index (χ3v) is 6.87. The molecule has 5 rings (SSSR count). The number of rotatable bonds is 12. The minimum Gasteiger partial charge on any atom is -0.494 e. The Morgan fingerprint density at radius 1 is 0.550 bits per heavy atom. The van der Waals surface area contributed by atoms with Crippen LogP contribution < -0.4 is 20.1 Å². The summed E-state index contributed by atoms with van der Waals surface area (Å²) in [6, 6.07) is 25.9. The van der Waals surface area contributed by atoms with Crippen LogP contribution in [0.15, 0.2) is 84.9 Å². The van der Waals surface area contributed by atoms with Gasteiger partial charge in [0.1, 0.15) is 11.5 Å². The first-order chi connectivity index (χ1) is 19.6. The van der Waals surface area contributed by atoms with Crippen molar-refractivity contribution >= 4 is 34.3 Å². The Kier molecular flexibility index (Phi) is 8.45. The van der Waals surface area contributed by atoms with E-state index in [0.29, 0.717) is 46.8 Å². The maximum absolute atomic E-state index is 13.8. The van der Waals surface area contributed by atoms with Gasteiger partial charge < -0.3 is 20.1 Å². The van der Waals surface area contributed by atoms with Crippen LogP contribution in [0.4, 0.5) is 22.7 Å². The van der Waals surface area contributed by atoms with E-state index < -0.39 is 0 Å². The van der Waals surface area contributed by atoms with Crippen molar-refractivity contribution in [2.24, 2.45) is 0 Å². The molecule has 0 heterocycles. The van der Waals surface area contributed by atoms with E-state index in [2.05, 4.69) is 24.5 Å². The molecule has 0 bridgehead atoms. The molecule has 4 aromatic rings. The van der Waals surface area contributed by atoms with E-state index in [0.717, 1.165) is 48.6 Å². The summed E-state index contributed by atoms with van der Waals surface area (Å²) in [5.74, 6) is 1.23. The van der Waals surface area contributed by atoms with Gasteiger partial charge in [0.05, 0.1) is 35.7 Å². The lowest BCUT2D eigenvalue weighted by Crippen LogP contribution is -2.23. The molecule has 0 saturated heterocycles. The molecule has 0 unspecified atom stereocenters. The third-order valence-electron chi connectivity index (χ3n) is 6.87. The standard InChI is InChI=1S/C34H34N2O4/c1-3-5-21-39-25-17-13-23(14-18-25)35-29-11-7-9-27-31(29)33(37)28-10-8-12-30(32(28)34(27)38)36-24-15-19-26(20-16-24)40-22-6-4-2/h7-20,35-36H,3-6,21-22H2,1-2H3. The summed E-state index contributed by atoms with van der Waals surface area (Å²) in [5, 5.41) is 6.66. The number of carbonyl (C=O) groups excluding carboxylic acids is 2. The van der Waals surface area contributed by atoms with Crippen LogP contribution in [-0.2, 0) is 0 Å². The van der Waals surface area contributed by atoms with Gasteiger partial charge in [-0.3, -0.25) is 9.59 Å². The van der Waals surface area contributed by atoms with Gasteiger partial charge >= 0.3 is 0 Å². The van der Waals surface area contributed by atoms with Crippen molar-refractivity contribution in [1.82, 2.24) is 0 Å². The maximum Gasteiger partial charge on any atom is 0.196 e. The number of carbonyl (C=O) groups is 2. The van der Waals surface area contributed by atoms with E-state index in [1.807, 2.05) is 60.7 Å². The predicted molar refractivity (Wildman–Crippen MR) is 160 cm³/mol. The molecular weight excluding hydrogens is 500 g/mol. The van der Waals surface area contributed by atoms with E-state index in [1.54, 1.807) is 24.3 Å². The van der Waals surface area contributed by atoms with Gasteiger partial charge in [-0.2, -0.15) is 0 Å². The van der Waals surface area contributed by atoms with Gasteiger partial charge in [-0.1, -0.05) is 51.0 Å². The van der Waals surface area contributed by atoms with E-state index >= 15 is 0 Å². The topological polar surface area (TPSA) is 76.7 Å². The van der Waals surface area contributed by atoms with Gasteiger partial charge in [0.15, 0.2) is 11.6 Å². The smallest absolute Gasteiger partial charge is 0.196 e. The van der Waals surface area contributed by atoms with Crippen molar-refractivity contribution in [3.63, 3.8) is 0 Å². The Balaban J connectivity index is 1.37. The summed E-state index contributed by atoms with van der Waals surface area (Å²) < 4.78 is 11.5. The number of unbranched alkanes of at least 4 members (excludes halogenated alkanes) is 2. The quantitative estimate of drug-likeness (QED) is 0.157. The molecule has 0 saturated carbocycles. The lowest BCUT2D eigenvalue weighted by molar-refractivity contribution is 0.0980. The highest BCUT2D eigenvalue weighted by molar-refractivity contribution is 6.32. The first-order valence-corrected chi connectivity index (χ1v) is 13.9. The van der Waals surface area contributed by atoms with Gasteiger partial charge in [-0.05, 0) is 73.5 Å². The molecule has 6 nitrogen and oxygen atoms in total. The third kappa shape index (κ3) is 5.86. The summed E-state index contributed by atoms with van der Waals surface area (Å²) in [6.07, 6.45) is 4.17. The first-order valence-electron chi connectivity index (χ1n) is 13.9. The van der Waals surface area contributed by atoms with Crippen molar-refractivity contribution < 1.29 is 19.1 Å². The molecule has 1 aliphatic carbocycles. The zero-order valence-corrected chi connectivity index (χ0v) is 23.0. The Morgan fingerprint density at radius 2 is 0.950 bits per heavy atom. The minimum absolute atomic E-state index is 0.185. The number of ketones is 2. The van der Waals surface area contributed by atoms with Crippen molar-refractivity contribution in [1.29, 1.82) is 0 Å². The molecule has 6 heteroatoms. The molecule has 0 atom stereocenters. The summed E-state index contributed by atoms with van der Waals surface area (Å²) >= 11 is 0. The van der Waals surface area contributed by atoms with Crippen LogP contribution >= 0.6 is 0 Å². The zero-order valence-electron chi connectivity index (χ0n) is 23.0. The molecule has 204 valence electrons. The molecule has 1 aliphatic rings. The molecule has 2 N–H and O–H groups in total. The normalized spacial score (nSPS) is 11.9. The van der Waals surface area contributed by atoms with Crippen LogP contribution in [0.3, 0.4) is 0 Å². The van der Waals surface area contributed by atoms with Crippen LogP contribution in [0, 0.1) is 0 Å². The van der Waals surface area contributed by atoms with E-state index in [9.17, 15) is 9.59 Å². The fourth-order valence-corrected chi connectivity index (χ4v) is 4.70. The minimum atomic E-state index is -0.185. The highest BCUT2D eigenvalue weighted by Crippen LogP contribution is 2.37. The summed E-state index contributed by atoms with van der Waals surface area (Å²) in [7, 11) is 0. The molecular formula is C34H34N2O4. The first kappa shape index (κ1) is 27.0. The van der Waals surface area contributed by atoms with E-state index in [-0.39, 0.29) is 11.6 Å². The fraction of sp³-hybridized carbons (Fsp3) is 0.235. The number of fused-ring (bicyclic) bond motifs is 2. The monoisotopic (exact) mass is 534 g/mol. The van der Waals surface area contributed by atoms with Crippen molar-refractivity contribution in [2.45, 2.75) is 39.5 Å². The number of hydrogen-bond acceptors (Lipinski definition) is 6. The highest BCUT2D eigenvalue weighted by atomic mass is 16.5. The molecule has 0 amide bonds. The van der Waals surface area contributed by atoms with Gasteiger partial charge in [0, 0.05) is 22.5 Å². The summed E-state index contributed by atoms with van der Waals surface area (Å²) in [6.45, 7) is 5.62. The second-order valence-electron chi connectivity index (χ2n) is 9.82. The van der Waals surface area contributed by atoms with Gasteiger partial charge in [0.25, 0.3) is 0 Å². The van der Waals surface area contributed by atoms with Crippen molar-refractivity contribution in [3.8, 4) is 11.5 Å². The Morgan fingerprint density at radius 3 is 1.32 bits per heavy atom. The molecule has 0 aliphatic heterocycles. The van der Waals surface area contributed by atoms with Crippen LogP contribution in [0.1, 0.15) is 71.4 Å². The van der Waals surface area contributed by atoms with Crippen LogP contribution in [0.25, 0.3) is 0 Å². The fourth-order valence-electron chi connectivity index (χ4n) is 4.70. The van der Waals surface area contributed by atoms with Gasteiger partial charge in [-0.15, -0.1) is 0 Å². The Labute approximate surface area is 235 Å². The lowest BCUT2D eigenvalue weighted by Gasteiger charge is -2.23. The zero-order chi connectivity index (χ0) is 27.9. The SMILES string of the molecule is CCCCOc1ccc(Nc2cccc3c2C(=O)c2cccc(Nc4ccc(OCCCC)cc4)c2C3=O)cc1. The molecule has 0 spiro atoms. The maximum atomic E-state index is 13.8. The molecule has 0 radical (unpaired) electrons. The van der Waals surface area contributed by atoms with Gasteiger partial charge in [0.2, 0.25) is 0 Å². The van der Waals surface area contributed by atoms with Crippen LogP contribution in [0.5, 0.6) is 11.5 Å².